The van der Waals surface area contributed by atoms with Crippen molar-refractivity contribution in [1.82, 2.24) is 0 Å². The zero-order valence-electron chi connectivity index (χ0n) is 11.5. The third-order valence-corrected chi connectivity index (χ3v) is 3.81. The molecule has 0 aromatic heterocycles. The summed E-state index contributed by atoms with van der Waals surface area (Å²) in [7, 11) is 0. The number of hydrogen-bond acceptors (Lipinski definition) is 1. The highest BCUT2D eigenvalue weighted by Crippen LogP contribution is 2.28. The maximum absolute atomic E-state index is 13.4. The van der Waals surface area contributed by atoms with Crippen LogP contribution in [0.3, 0.4) is 0 Å². The van der Waals surface area contributed by atoms with Gasteiger partial charge in [0.2, 0.25) is 0 Å². The van der Waals surface area contributed by atoms with Gasteiger partial charge < -0.3 is 5.73 Å². The Kier molecular flexibility index (Phi) is 4.01. The number of nitrogens with two attached hydrogens (primary N) is 1. The number of hydrogen-bond donors (Lipinski definition) is 1. The minimum atomic E-state index is -0.242. The Hall–Kier alpha value is -1.67. The summed E-state index contributed by atoms with van der Waals surface area (Å²) < 4.78 is 13.4. The molecule has 100 valence electrons. The average molecular weight is 257 g/mol. The van der Waals surface area contributed by atoms with Crippen molar-refractivity contribution in [2.75, 3.05) is 6.54 Å². The molecule has 0 aliphatic heterocycles. The lowest BCUT2D eigenvalue weighted by atomic mass is 9.76. The SMILES string of the molecule is Cc1ccccc1CC(C)(CN)c1cccc(F)c1. The van der Waals surface area contributed by atoms with E-state index in [1.54, 1.807) is 12.1 Å². The molecule has 0 fully saturated rings. The van der Waals surface area contributed by atoms with Crippen molar-refractivity contribution in [2.24, 2.45) is 5.73 Å². The molecule has 0 saturated heterocycles. The van der Waals surface area contributed by atoms with Gasteiger partial charge in [0.05, 0.1) is 0 Å². The van der Waals surface area contributed by atoms with E-state index in [0.29, 0.717) is 6.54 Å². The predicted octanol–water partition coefficient (Wildman–Crippen LogP) is 3.59. The van der Waals surface area contributed by atoms with Crippen LogP contribution in [0.4, 0.5) is 4.39 Å². The Labute approximate surface area is 114 Å². The van der Waals surface area contributed by atoms with Crippen molar-refractivity contribution in [3.05, 3.63) is 71.0 Å². The first-order valence-corrected chi connectivity index (χ1v) is 6.56. The van der Waals surface area contributed by atoms with E-state index in [4.69, 9.17) is 5.73 Å². The molecule has 2 N–H and O–H groups in total. The van der Waals surface area contributed by atoms with Crippen LogP contribution in [0.1, 0.15) is 23.6 Å². The minimum absolute atomic E-state index is 0.207. The van der Waals surface area contributed by atoms with Gasteiger partial charge in [0, 0.05) is 12.0 Å². The van der Waals surface area contributed by atoms with Crippen LogP contribution in [0.15, 0.2) is 48.5 Å². The van der Waals surface area contributed by atoms with Gasteiger partial charge in [-0.3, -0.25) is 0 Å². The maximum Gasteiger partial charge on any atom is 0.123 e. The van der Waals surface area contributed by atoms with Crippen molar-refractivity contribution >= 4 is 0 Å². The van der Waals surface area contributed by atoms with E-state index in [1.807, 2.05) is 18.2 Å². The maximum atomic E-state index is 13.4. The topological polar surface area (TPSA) is 26.0 Å². The van der Waals surface area contributed by atoms with Crippen LogP contribution in [0.25, 0.3) is 0 Å². The van der Waals surface area contributed by atoms with Crippen LogP contribution in [0.2, 0.25) is 0 Å². The summed E-state index contributed by atoms with van der Waals surface area (Å²) in [6.45, 7) is 4.68. The fourth-order valence-electron chi connectivity index (χ4n) is 2.38. The molecule has 19 heavy (non-hydrogen) atoms. The number of aryl methyl sites for hydroxylation is 1. The van der Waals surface area contributed by atoms with Crippen molar-refractivity contribution in [3.63, 3.8) is 0 Å². The molecule has 0 radical (unpaired) electrons. The summed E-state index contributed by atoms with van der Waals surface area (Å²) in [6, 6.07) is 15.0. The molecule has 0 aliphatic carbocycles. The smallest absolute Gasteiger partial charge is 0.123 e. The van der Waals surface area contributed by atoms with Crippen molar-refractivity contribution in [1.29, 1.82) is 0 Å². The van der Waals surface area contributed by atoms with Gasteiger partial charge in [0.1, 0.15) is 5.82 Å². The molecular weight excluding hydrogens is 237 g/mol. The van der Waals surface area contributed by atoms with Gasteiger partial charge in [0.25, 0.3) is 0 Å². The second-order valence-electron chi connectivity index (χ2n) is 5.38. The number of rotatable bonds is 4. The molecule has 2 aromatic rings. The summed E-state index contributed by atoms with van der Waals surface area (Å²) >= 11 is 0. The lowest BCUT2D eigenvalue weighted by Crippen LogP contribution is -2.34. The summed E-state index contributed by atoms with van der Waals surface area (Å²) in [5.41, 5.74) is 9.19. The molecule has 0 spiro atoms. The van der Waals surface area contributed by atoms with Gasteiger partial charge in [0.15, 0.2) is 0 Å². The van der Waals surface area contributed by atoms with E-state index < -0.39 is 0 Å². The van der Waals surface area contributed by atoms with Crippen molar-refractivity contribution in [3.8, 4) is 0 Å². The third-order valence-electron chi connectivity index (χ3n) is 3.81. The van der Waals surface area contributed by atoms with E-state index >= 15 is 0 Å². The highest BCUT2D eigenvalue weighted by molar-refractivity contribution is 5.33. The van der Waals surface area contributed by atoms with E-state index in [9.17, 15) is 4.39 Å². The van der Waals surface area contributed by atoms with Crippen molar-refractivity contribution in [2.45, 2.75) is 25.7 Å². The summed E-state index contributed by atoms with van der Waals surface area (Å²) in [5, 5.41) is 0. The van der Waals surface area contributed by atoms with Crippen LogP contribution in [0.5, 0.6) is 0 Å². The fourth-order valence-corrected chi connectivity index (χ4v) is 2.38. The van der Waals surface area contributed by atoms with E-state index in [0.717, 1.165) is 12.0 Å². The summed E-state index contributed by atoms with van der Waals surface area (Å²) in [6.07, 6.45) is 0.819. The minimum Gasteiger partial charge on any atom is -0.330 e. The van der Waals surface area contributed by atoms with Gasteiger partial charge >= 0.3 is 0 Å². The molecule has 1 unspecified atom stereocenters. The molecule has 0 amide bonds. The average Bonchev–Trinajstić information content (AvgIpc) is 2.41. The predicted molar refractivity (Wildman–Crippen MR) is 77.7 cm³/mol. The van der Waals surface area contributed by atoms with Gasteiger partial charge in [-0.1, -0.05) is 43.3 Å². The molecule has 1 atom stereocenters. The molecule has 0 heterocycles. The summed E-state index contributed by atoms with van der Waals surface area (Å²) in [4.78, 5) is 0. The Bertz CT molecular complexity index is 565. The van der Waals surface area contributed by atoms with E-state index in [2.05, 4.69) is 26.0 Å². The van der Waals surface area contributed by atoms with Gasteiger partial charge in [-0.05, 0) is 42.2 Å². The second kappa shape index (κ2) is 5.54. The molecule has 0 bridgehead atoms. The van der Waals surface area contributed by atoms with Crippen LogP contribution in [-0.4, -0.2) is 6.54 Å². The highest BCUT2D eigenvalue weighted by Gasteiger charge is 2.26. The lowest BCUT2D eigenvalue weighted by Gasteiger charge is -2.29. The lowest BCUT2D eigenvalue weighted by molar-refractivity contribution is 0.475. The van der Waals surface area contributed by atoms with Crippen LogP contribution in [0, 0.1) is 12.7 Å². The Balaban J connectivity index is 2.36. The molecule has 1 nitrogen and oxygen atoms in total. The number of benzene rings is 2. The largest absolute Gasteiger partial charge is 0.330 e. The van der Waals surface area contributed by atoms with Crippen LogP contribution in [-0.2, 0) is 11.8 Å². The zero-order valence-corrected chi connectivity index (χ0v) is 11.5. The van der Waals surface area contributed by atoms with Gasteiger partial charge in [-0.2, -0.15) is 0 Å². The molecule has 0 aliphatic rings. The zero-order chi connectivity index (χ0) is 13.9. The quantitative estimate of drug-likeness (QED) is 0.890. The fraction of sp³-hybridized carbons (Fsp3) is 0.294. The first-order chi connectivity index (χ1) is 9.05. The van der Waals surface area contributed by atoms with E-state index in [1.165, 1.54) is 17.2 Å². The summed E-state index contributed by atoms with van der Waals surface area (Å²) in [5.74, 6) is -0.207. The molecule has 0 saturated carbocycles. The van der Waals surface area contributed by atoms with Gasteiger partial charge in [-0.25, -0.2) is 4.39 Å². The second-order valence-corrected chi connectivity index (χ2v) is 5.38. The van der Waals surface area contributed by atoms with Gasteiger partial charge in [-0.15, -0.1) is 0 Å². The van der Waals surface area contributed by atoms with Crippen LogP contribution >= 0.6 is 0 Å². The number of halogens is 1. The van der Waals surface area contributed by atoms with Crippen molar-refractivity contribution < 1.29 is 4.39 Å². The normalized spacial score (nSPS) is 14.1. The van der Waals surface area contributed by atoms with Crippen LogP contribution < -0.4 is 5.73 Å². The monoisotopic (exact) mass is 257 g/mol. The Morgan fingerprint density at radius 1 is 1.11 bits per heavy atom. The standard InChI is InChI=1S/C17H20FN/c1-13-6-3-4-7-14(13)11-17(2,12-19)15-8-5-9-16(18)10-15/h3-10H,11-12,19H2,1-2H3. The Morgan fingerprint density at radius 3 is 2.47 bits per heavy atom. The first kappa shape index (κ1) is 13.8. The molecule has 2 rings (SSSR count). The molecular formula is C17H20FN. The highest BCUT2D eigenvalue weighted by atomic mass is 19.1. The first-order valence-electron chi connectivity index (χ1n) is 6.56. The Morgan fingerprint density at radius 2 is 1.84 bits per heavy atom. The third kappa shape index (κ3) is 3.02. The molecule has 2 heteroatoms. The van der Waals surface area contributed by atoms with E-state index in [-0.39, 0.29) is 11.2 Å². The molecule has 2 aromatic carbocycles.